The van der Waals surface area contributed by atoms with E-state index in [0.717, 1.165) is 21.7 Å². The first-order valence-corrected chi connectivity index (χ1v) is 7.30. The molecule has 0 fully saturated rings. The Labute approximate surface area is 130 Å². The maximum atomic E-state index is 11.7. The smallest absolute Gasteiger partial charge is 0.333 e. The first-order valence-electron chi connectivity index (χ1n) is 7.30. The van der Waals surface area contributed by atoms with Crippen molar-refractivity contribution in [3.63, 3.8) is 0 Å². The van der Waals surface area contributed by atoms with Crippen LogP contribution in [-0.4, -0.2) is 5.97 Å². The van der Waals surface area contributed by atoms with Gasteiger partial charge in [-0.3, -0.25) is 0 Å². The van der Waals surface area contributed by atoms with Crippen LogP contribution in [0.25, 0.3) is 21.5 Å². The van der Waals surface area contributed by atoms with Crippen molar-refractivity contribution in [3.8, 4) is 0 Å². The molecular formula is C20H18O2. The predicted molar refractivity (Wildman–Crippen MR) is 90.8 cm³/mol. The fourth-order valence-corrected chi connectivity index (χ4v) is 2.70. The first-order chi connectivity index (χ1) is 10.6. The summed E-state index contributed by atoms with van der Waals surface area (Å²) in [5, 5.41) is 4.56. The van der Waals surface area contributed by atoms with Gasteiger partial charge in [0.2, 0.25) is 0 Å². The highest BCUT2D eigenvalue weighted by Gasteiger charge is 2.10. The van der Waals surface area contributed by atoms with E-state index in [9.17, 15) is 4.79 Å². The van der Waals surface area contributed by atoms with Gasteiger partial charge in [0.25, 0.3) is 0 Å². The second-order valence-electron chi connectivity index (χ2n) is 5.66. The summed E-state index contributed by atoms with van der Waals surface area (Å²) < 4.78 is 5.40. The van der Waals surface area contributed by atoms with Gasteiger partial charge in [-0.15, -0.1) is 0 Å². The minimum atomic E-state index is -0.354. The monoisotopic (exact) mass is 290 g/mol. The van der Waals surface area contributed by atoms with Gasteiger partial charge >= 0.3 is 5.97 Å². The SMILES string of the molecule is C=C(C)C(=O)OCc1c2ccccc2cc2cc(C)ccc12. The molecule has 0 aliphatic rings. The summed E-state index contributed by atoms with van der Waals surface area (Å²) in [6.45, 7) is 7.62. The van der Waals surface area contributed by atoms with Gasteiger partial charge in [-0.25, -0.2) is 4.79 Å². The molecule has 0 N–H and O–H groups in total. The summed E-state index contributed by atoms with van der Waals surface area (Å²) in [7, 11) is 0. The van der Waals surface area contributed by atoms with Crippen molar-refractivity contribution in [3.05, 3.63) is 71.8 Å². The molecule has 110 valence electrons. The Bertz CT molecular complexity index is 891. The van der Waals surface area contributed by atoms with E-state index in [1.54, 1.807) is 6.92 Å². The third-order valence-electron chi connectivity index (χ3n) is 3.83. The van der Waals surface area contributed by atoms with E-state index < -0.39 is 0 Å². The highest BCUT2D eigenvalue weighted by atomic mass is 16.5. The number of fused-ring (bicyclic) bond motifs is 2. The number of carbonyl (C=O) groups is 1. The third kappa shape index (κ3) is 2.60. The Kier molecular flexibility index (Phi) is 3.68. The van der Waals surface area contributed by atoms with Crippen LogP contribution in [0.3, 0.4) is 0 Å². The zero-order chi connectivity index (χ0) is 15.7. The topological polar surface area (TPSA) is 26.3 Å². The van der Waals surface area contributed by atoms with E-state index in [-0.39, 0.29) is 12.6 Å². The fourth-order valence-electron chi connectivity index (χ4n) is 2.70. The van der Waals surface area contributed by atoms with Gasteiger partial charge in [-0.05, 0) is 41.5 Å². The second-order valence-corrected chi connectivity index (χ2v) is 5.66. The molecule has 0 atom stereocenters. The highest BCUT2D eigenvalue weighted by molar-refractivity contribution is 6.02. The average Bonchev–Trinajstić information content (AvgIpc) is 2.50. The van der Waals surface area contributed by atoms with E-state index >= 15 is 0 Å². The summed E-state index contributed by atoms with van der Waals surface area (Å²) in [6.07, 6.45) is 0. The Morgan fingerprint density at radius 3 is 2.55 bits per heavy atom. The molecule has 0 saturated carbocycles. The maximum Gasteiger partial charge on any atom is 0.333 e. The number of benzene rings is 3. The summed E-state index contributed by atoms with van der Waals surface area (Å²) in [4.78, 5) is 11.7. The Morgan fingerprint density at radius 1 is 1.05 bits per heavy atom. The molecule has 2 heteroatoms. The van der Waals surface area contributed by atoms with Crippen LogP contribution in [0.4, 0.5) is 0 Å². The van der Waals surface area contributed by atoms with Crippen LogP contribution in [0, 0.1) is 6.92 Å². The molecule has 0 unspecified atom stereocenters. The molecule has 0 saturated heterocycles. The molecule has 0 aliphatic heterocycles. The van der Waals surface area contributed by atoms with Crippen LogP contribution in [0.15, 0.2) is 60.7 Å². The number of ether oxygens (including phenoxy) is 1. The number of carbonyl (C=O) groups excluding carboxylic acids is 1. The van der Waals surface area contributed by atoms with Crippen LogP contribution in [-0.2, 0) is 16.1 Å². The van der Waals surface area contributed by atoms with Crippen LogP contribution < -0.4 is 0 Å². The van der Waals surface area contributed by atoms with Crippen LogP contribution in [0.2, 0.25) is 0 Å². The highest BCUT2D eigenvalue weighted by Crippen LogP contribution is 2.29. The largest absolute Gasteiger partial charge is 0.457 e. The zero-order valence-corrected chi connectivity index (χ0v) is 12.8. The first kappa shape index (κ1) is 14.3. The lowest BCUT2D eigenvalue weighted by Crippen LogP contribution is -2.05. The lowest BCUT2D eigenvalue weighted by Gasteiger charge is -2.12. The molecule has 3 aromatic carbocycles. The van der Waals surface area contributed by atoms with Gasteiger partial charge < -0.3 is 4.74 Å². The van der Waals surface area contributed by atoms with E-state index in [1.165, 1.54) is 10.9 Å². The minimum Gasteiger partial charge on any atom is -0.457 e. The quantitative estimate of drug-likeness (QED) is 0.389. The van der Waals surface area contributed by atoms with Crippen molar-refractivity contribution in [1.29, 1.82) is 0 Å². The van der Waals surface area contributed by atoms with Crippen molar-refractivity contribution in [2.75, 3.05) is 0 Å². The van der Waals surface area contributed by atoms with Crippen molar-refractivity contribution in [1.82, 2.24) is 0 Å². The molecule has 0 spiro atoms. The summed E-state index contributed by atoms with van der Waals surface area (Å²) in [5.41, 5.74) is 2.68. The number of esters is 1. The predicted octanol–water partition coefficient (Wildman–Crippen LogP) is 4.92. The van der Waals surface area contributed by atoms with E-state index in [4.69, 9.17) is 4.74 Å². The van der Waals surface area contributed by atoms with Crippen LogP contribution in [0.5, 0.6) is 0 Å². The third-order valence-corrected chi connectivity index (χ3v) is 3.83. The number of hydrogen-bond donors (Lipinski definition) is 0. The Balaban J connectivity index is 2.18. The van der Waals surface area contributed by atoms with Gasteiger partial charge in [0, 0.05) is 11.1 Å². The summed E-state index contributed by atoms with van der Waals surface area (Å²) in [5.74, 6) is -0.354. The molecule has 0 amide bonds. The van der Waals surface area contributed by atoms with E-state index in [0.29, 0.717) is 5.57 Å². The molecule has 0 radical (unpaired) electrons. The van der Waals surface area contributed by atoms with E-state index in [1.807, 2.05) is 12.1 Å². The fraction of sp³-hybridized carbons (Fsp3) is 0.150. The normalized spacial score (nSPS) is 10.8. The number of hydrogen-bond acceptors (Lipinski definition) is 2. The van der Waals surface area contributed by atoms with Gasteiger partial charge in [-0.2, -0.15) is 0 Å². The molecule has 0 aromatic heterocycles. The average molecular weight is 290 g/mol. The number of rotatable bonds is 3. The maximum absolute atomic E-state index is 11.7. The van der Waals surface area contributed by atoms with Crippen LogP contribution >= 0.6 is 0 Å². The lowest BCUT2D eigenvalue weighted by molar-refractivity contribution is -0.140. The standard InChI is InChI=1S/C20H18O2/c1-13(2)20(21)22-12-19-17-7-5-4-6-15(17)11-16-10-14(3)8-9-18(16)19/h4-11H,1,12H2,2-3H3. The molecule has 2 nitrogen and oxygen atoms in total. The van der Waals surface area contributed by atoms with Crippen molar-refractivity contribution in [2.24, 2.45) is 0 Å². The second kappa shape index (κ2) is 5.64. The van der Waals surface area contributed by atoms with Gasteiger partial charge in [0.05, 0.1) is 0 Å². The molecular weight excluding hydrogens is 272 g/mol. The van der Waals surface area contributed by atoms with Crippen molar-refractivity contribution >= 4 is 27.5 Å². The summed E-state index contributed by atoms with van der Waals surface area (Å²) >= 11 is 0. The van der Waals surface area contributed by atoms with Crippen molar-refractivity contribution in [2.45, 2.75) is 20.5 Å². The van der Waals surface area contributed by atoms with Crippen molar-refractivity contribution < 1.29 is 9.53 Å². The molecule has 3 rings (SSSR count). The van der Waals surface area contributed by atoms with Gasteiger partial charge in [0.15, 0.2) is 0 Å². The minimum absolute atomic E-state index is 0.257. The number of aryl methyl sites for hydroxylation is 1. The zero-order valence-electron chi connectivity index (χ0n) is 12.8. The molecule has 3 aromatic rings. The Hall–Kier alpha value is -2.61. The van der Waals surface area contributed by atoms with Gasteiger partial charge in [0.1, 0.15) is 6.61 Å². The molecule has 0 aliphatic carbocycles. The molecule has 22 heavy (non-hydrogen) atoms. The lowest BCUT2D eigenvalue weighted by atomic mass is 9.96. The molecule has 0 bridgehead atoms. The van der Waals surface area contributed by atoms with Gasteiger partial charge in [-0.1, -0.05) is 54.6 Å². The van der Waals surface area contributed by atoms with E-state index in [2.05, 4.69) is 49.9 Å². The van der Waals surface area contributed by atoms with Crippen LogP contribution in [0.1, 0.15) is 18.1 Å². The molecule has 0 heterocycles. The summed E-state index contributed by atoms with van der Waals surface area (Å²) in [6, 6.07) is 16.7. The Morgan fingerprint density at radius 2 is 1.77 bits per heavy atom.